The van der Waals surface area contributed by atoms with Crippen LogP contribution >= 0.6 is 0 Å². The van der Waals surface area contributed by atoms with Gasteiger partial charge in [0.1, 0.15) is 5.75 Å². The Hall–Kier alpha value is -3.87. The maximum absolute atomic E-state index is 13.0. The second kappa shape index (κ2) is 18.7. The zero-order valence-corrected chi connectivity index (χ0v) is 26.9. The van der Waals surface area contributed by atoms with Crippen molar-refractivity contribution in [1.29, 1.82) is 0 Å². The van der Waals surface area contributed by atoms with Crippen LogP contribution in [-0.4, -0.2) is 29.4 Å². The Morgan fingerprint density at radius 2 is 1.16 bits per heavy atom. The highest BCUT2D eigenvalue weighted by Crippen LogP contribution is 2.35. The molecule has 0 saturated carbocycles. The fraction of sp³-hybridized carbons (Fsp3) is 0.486. The van der Waals surface area contributed by atoms with Gasteiger partial charge in [0.15, 0.2) is 0 Å². The van der Waals surface area contributed by atoms with Crippen molar-refractivity contribution in [2.24, 2.45) is 0 Å². The van der Waals surface area contributed by atoms with Crippen molar-refractivity contribution in [2.45, 2.75) is 111 Å². The molecule has 3 rings (SSSR count). The van der Waals surface area contributed by atoms with Gasteiger partial charge in [-0.1, -0.05) is 109 Å². The first kappa shape index (κ1) is 34.6. The third-order valence-corrected chi connectivity index (χ3v) is 8.12. The molecule has 0 heterocycles. The van der Waals surface area contributed by atoms with Crippen molar-refractivity contribution in [3.8, 4) is 5.75 Å². The van der Waals surface area contributed by atoms with Gasteiger partial charge in [-0.3, -0.25) is 14.4 Å². The third-order valence-electron chi connectivity index (χ3n) is 8.12. The fourth-order valence-corrected chi connectivity index (χ4v) is 5.69. The van der Waals surface area contributed by atoms with Crippen LogP contribution in [0.1, 0.15) is 121 Å². The second-order valence-corrected chi connectivity index (χ2v) is 11.8. The summed E-state index contributed by atoms with van der Waals surface area (Å²) < 4.78 is 0. The molecule has 44 heavy (non-hydrogen) atoms. The number of rotatable bonds is 19. The number of phenolic OH excluding ortho intramolecular Hbond substituents is 1. The van der Waals surface area contributed by atoms with E-state index < -0.39 is 5.91 Å². The number of unbranched alkanes of at least 4 members (excludes halogenated alkanes) is 13. The number of amides is 3. The van der Waals surface area contributed by atoms with Crippen LogP contribution in [0.3, 0.4) is 0 Å². The lowest BCUT2D eigenvalue weighted by Gasteiger charge is -2.23. The molecule has 3 amide bonds. The number of hydrogen-bond donors (Lipinski definition) is 3. The molecule has 0 bridgehead atoms. The highest BCUT2D eigenvalue weighted by molar-refractivity contribution is 6.12. The predicted octanol–water partition coefficient (Wildman–Crippen LogP) is 9.59. The van der Waals surface area contributed by atoms with E-state index in [9.17, 15) is 19.5 Å². The Balaban J connectivity index is 1.51. The lowest BCUT2D eigenvalue weighted by molar-refractivity contribution is -0.116. The van der Waals surface area contributed by atoms with Crippen LogP contribution in [0.5, 0.6) is 5.75 Å². The minimum absolute atomic E-state index is 0.0452. The predicted molar refractivity (Wildman–Crippen MR) is 183 cm³/mol. The molecule has 7 nitrogen and oxygen atoms in total. The molecule has 0 aliphatic rings. The quantitative estimate of drug-likeness (QED) is 0.119. The molecule has 0 radical (unpaired) electrons. The lowest BCUT2D eigenvalue weighted by Crippen LogP contribution is -2.29. The SMILES string of the molecule is CCCCCCCCCCCCCCCCN(C(C)=O)c1cccc2c(O)c(C(=O)Nc3ccc(NC(C)=O)cc3)ccc12. The van der Waals surface area contributed by atoms with Crippen LogP contribution in [0, 0.1) is 0 Å². The molecule has 3 N–H and O–H groups in total. The Morgan fingerprint density at radius 3 is 1.68 bits per heavy atom. The number of phenols is 1. The van der Waals surface area contributed by atoms with Crippen molar-refractivity contribution in [2.75, 3.05) is 22.1 Å². The number of benzene rings is 3. The number of anilines is 3. The van der Waals surface area contributed by atoms with E-state index in [-0.39, 0.29) is 23.1 Å². The van der Waals surface area contributed by atoms with Crippen molar-refractivity contribution in [3.63, 3.8) is 0 Å². The molecule has 7 heteroatoms. The van der Waals surface area contributed by atoms with E-state index in [1.807, 2.05) is 6.07 Å². The normalized spacial score (nSPS) is 11.0. The van der Waals surface area contributed by atoms with Gasteiger partial charge in [-0.15, -0.1) is 0 Å². The van der Waals surface area contributed by atoms with Crippen LogP contribution < -0.4 is 15.5 Å². The summed E-state index contributed by atoms with van der Waals surface area (Å²) in [5.41, 5.74) is 2.04. The van der Waals surface area contributed by atoms with E-state index in [1.54, 1.807) is 60.4 Å². The summed E-state index contributed by atoms with van der Waals surface area (Å²) in [4.78, 5) is 38.7. The Morgan fingerprint density at radius 1 is 0.636 bits per heavy atom. The molecule has 0 unspecified atom stereocenters. The smallest absolute Gasteiger partial charge is 0.259 e. The summed E-state index contributed by atoms with van der Waals surface area (Å²) in [6, 6.07) is 15.6. The van der Waals surface area contributed by atoms with Crippen molar-refractivity contribution in [3.05, 3.63) is 60.2 Å². The topological polar surface area (TPSA) is 98.7 Å². The maximum atomic E-state index is 13.0. The summed E-state index contributed by atoms with van der Waals surface area (Å²) in [5.74, 6) is -0.800. The van der Waals surface area contributed by atoms with Gasteiger partial charge in [-0.25, -0.2) is 0 Å². The molecule has 0 fully saturated rings. The van der Waals surface area contributed by atoms with Crippen LogP contribution in [0.25, 0.3) is 10.8 Å². The van der Waals surface area contributed by atoms with Gasteiger partial charge in [0.2, 0.25) is 11.8 Å². The summed E-state index contributed by atoms with van der Waals surface area (Å²) in [6.45, 7) is 5.88. The maximum Gasteiger partial charge on any atom is 0.259 e. The summed E-state index contributed by atoms with van der Waals surface area (Å²) in [7, 11) is 0. The first-order valence-electron chi connectivity index (χ1n) is 16.5. The first-order chi connectivity index (χ1) is 21.3. The van der Waals surface area contributed by atoms with E-state index in [0.717, 1.165) is 23.9 Å². The molecule has 3 aromatic carbocycles. The standard InChI is InChI=1S/C37H51N3O4/c1-4-5-6-7-8-9-10-11-12-13-14-15-16-17-27-40(29(3)42)35-20-18-19-33-32(35)25-26-34(36(33)43)37(44)39-31-23-21-30(22-24-31)38-28(2)41/h18-26,43H,4-17,27H2,1-3H3,(H,38,41)(H,39,44). The molecule has 3 aromatic rings. The average molecular weight is 602 g/mol. The largest absolute Gasteiger partial charge is 0.506 e. The van der Waals surface area contributed by atoms with Gasteiger partial charge >= 0.3 is 0 Å². The molecular weight excluding hydrogens is 550 g/mol. The van der Waals surface area contributed by atoms with Gasteiger partial charge in [-0.05, 0) is 42.8 Å². The number of carbonyl (C=O) groups excluding carboxylic acids is 3. The van der Waals surface area contributed by atoms with E-state index in [0.29, 0.717) is 23.3 Å². The molecular formula is C37H51N3O4. The molecule has 0 spiro atoms. The fourth-order valence-electron chi connectivity index (χ4n) is 5.69. The third kappa shape index (κ3) is 11.0. The number of nitrogens with one attached hydrogen (secondary N) is 2. The number of aromatic hydroxyl groups is 1. The van der Waals surface area contributed by atoms with Crippen molar-refractivity contribution < 1.29 is 19.5 Å². The Bertz CT molecular complexity index is 1350. The number of fused-ring (bicyclic) bond motifs is 1. The van der Waals surface area contributed by atoms with Gasteiger partial charge in [0, 0.05) is 42.5 Å². The van der Waals surface area contributed by atoms with Crippen molar-refractivity contribution >= 4 is 45.6 Å². The molecule has 0 aliphatic carbocycles. The summed E-state index contributed by atoms with van der Waals surface area (Å²) in [5, 5.41) is 17.8. The first-order valence-corrected chi connectivity index (χ1v) is 16.5. The van der Waals surface area contributed by atoms with Gasteiger partial charge in [0.25, 0.3) is 5.91 Å². The van der Waals surface area contributed by atoms with Gasteiger partial charge < -0.3 is 20.6 Å². The van der Waals surface area contributed by atoms with E-state index in [1.165, 1.54) is 84.0 Å². The van der Waals surface area contributed by atoms with Gasteiger partial charge in [-0.2, -0.15) is 0 Å². The van der Waals surface area contributed by atoms with E-state index in [4.69, 9.17) is 0 Å². The van der Waals surface area contributed by atoms with Crippen LogP contribution in [0.15, 0.2) is 54.6 Å². The van der Waals surface area contributed by atoms with Gasteiger partial charge in [0.05, 0.1) is 11.3 Å². The highest BCUT2D eigenvalue weighted by atomic mass is 16.3. The van der Waals surface area contributed by atoms with Crippen molar-refractivity contribution in [1.82, 2.24) is 0 Å². The van der Waals surface area contributed by atoms with Crippen LogP contribution in [0.2, 0.25) is 0 Å². The Labute approximate surface area is 263 Å². The number of nitrogens with zero attached hydrogens (tertiary/aromatic N) is 1. The molecule has 0 atom stereocenters. The number of carbonyl (C=O) groups is 3. The average Bonchev–Trinajstić information content (AvgIpc) is 3.00. The number of hydrogen-bond acceptors (Lipinski definition) is 4. The lowest BCUT2D eigenvalue weighted by atomic mass is 10.0. The molecule has 238 valence electrons. The van der Waals surface area contributed by atoms with E-state index >= 15 is 0 Å². The zero-order valence-electron chi connectivity index (χ0n) is 26.9. The molecule has 0 saturated heterocycles. The minimum atomic E-state index is -0.451. The van der Waals surface area contributed by atoms with Crippen LogP contribution in [0.4, 0.5) is 17.1 Å². The second-order valence-electron chi connectivity index (χ2n) is 11.8. The summed E-state index contributed by atoms with van der Waals surface area (Å²) in [6.07, 6.45) is 17.9. The van der Waals surface area contributed by atoms with Crippen LogP contribution in [-0.2, 0) is 9.59 Å². The summed E-state index contributed by atoms with van der Waals surface area (Å²) >= 11 is 0. The molecule has 0 aliphatic heterocycles. The minimum Gasteiger partial charge on any atom is -0.506 e. The molecule has 0 aromatic heterocycles. The van der Waals surface area contributed by atoms with E-state index in [2.05, 4.69) is 17.6 Å². The highest BCUT2D eigenvalue weighted by Gasteiger charge is 2.19. The zero-order chi connectivity index (χ0) is 31.7. The Kier molecular flexibility index (Phi) is 14.7. The monoisotopic (exact) mass is 601 g/mol.